The molecule has 0 amide bonds. The predicted molar refractivity (Wildman–Crippen MR) is 114 cm³/mol. The second-order valence-electron chi connectivity index (χ2n) is 8.53. The number of hydrogen-bond donors (Lipinski definition) is 0. The van der Waals surface area contributed by atoms with Crippen molar-refractivity contribution in [2.45, 2.75) is 48.7 Å². The number of benzene rings is 2. The topological polar surface area (TPSA) is 17.1 Å². The van der Waals surface area contributed by atoms with Gasteiger partial charge in [0.2, 0.25) is 0 Å². The molecule has 1 nitrogen and oxygen atoms in total. The standard InChI is InChI=1S/C23H26OS2/c1-16-22(17-12-8-6-9-13-17,18-14-10-7-11-15-18)26-23(25-16)20(2,3)19(24)21(23,4)5/h6-16H,1-5H3/t16-/m0/s1. The fourth-order valence-corrected chi connectivity index (χ4v) is 9.98. The Morgan fingerprint density at radius 2 is 1.19 bits per heavy atom. The maximum absolute atomic E-state index is 12.9. The summed E-state index contributed by atoms with van der Waals surface area (Å²) in [5, 5.41) is 0.365. The van der Waals surface area contributed by atoms with Gasteiger partial charge in [-0.25, -0.2) is 0 Å². The molecule has 1 saturated carbocycles. The number of Topliss-reactive ketones (excluding diaryl/α,β-unsaturated/α-hetero) is 1. The van der Waals surface area contributed by atoms with E-state index in [9.17, 15) is 4.79 Å². The van der Waals surface area contributed by atoms with E-state index in [1.165, 1.54) is 11.1 Å². The maximum atomic E-state index is 12.9. The largest absolute Gasteiger partial charge is 0.298 e. The average molecular weight is 383 g/mol. The van der Waals surface area contributed by atoms with Crippen molar-refractivity contribution in [1.29, 1.82) is 0 Å². The van der Waals surface area contributed by atoms with Crippen molar-refractivity contribution in [1.82, 2.24) is 0 Å². The normalized spacial score (nSPS) is 27.3. The molecule has 0 bridgehead atoms. The van der Waals surface area contributed by atoms with Gasteiger partial charge in [0.25, 0.3) is 0 Å². The van der Waals surface area contributed by atoms with Crippen molar-refractivity contribution in [3.05, 3.63) is 71.8 Å². The van der Waals surface area contributed by atoms with Gasteiger partial charge in [-0.2, -0.15) is 0 Å². The van der Waals surface area contributed by atoms with Crippen molar-refractivity contribution in [2.24, 2.45) is 10.8 Å². The zero-order chi connectivity index (χ0) is 18.8. The number of carbonyl (C=O) groups excluding carboxylic acids is 1. The Bertz CT molecular complexity index is 782. The fourth-order valence-electron chi connectivity index (χ4n) is 5.14. The molecule has 1 aliphatic heterocycles. The summed E-state index contributed by atoms with van der Waals surface area (Å²) in [6.45, 7) is 10.9. The van der Waals surface area contributed by atoms with Crippen LogP contribution in [0.4, 0.5) is 0 Å². The Hall–Kier alpha value is -1.19. The Balaban J connectivity index is 1.94. The molecule has 2 aromatic rings. The highest BCUT2D eigenvalue weighted by atomic mass is 32.2. The SMILES string of the molecule is C[C@@H]1SC2(SC1(c1ccccc1)c1ccccc1)C(C)(C)C(=O)C2(C)C. The number of rotatable bonds is 2. The Morgan fingerprint density at radius 3 is 1.62 bits per heavy atom. The third-order valence-electron chi connectivity index (χ3n) is 6.41. The zero-order valence-electron chi connectivity index (χ0n) is 16.1. The van der Waals surface area contributed by atoms with Crippen LogP contribution in [0.1, 0.15) is 45.7 Å². The highest BCUT2D eigenvalue weighted by Crippen LogP contribution is 2.80. The van der Waals surface area contributed by atoms with Crippen LogP contribution >= 0.6 is 23.5 Å². The average Bonchev–Trinajstić information content (AvgIpc) is 2.99. The molecule has 2 aliphatic rings. The summed E-state index contributed by atoms with van der Waals surface area (Å²) in [5.41, 5.74) is 2.01. The van der Waals surface area contributed by atoms with Crippen LogP contribution < -0.4 is 0 Å². The fraction of sp³-hybridized carbons (Fsp3) is 0.435. The molecule has 2 fully saturated rings. The highest BCUT2D eigenvalue weighted by Gasteiger charge is 2.78. The molecule has 136 valence electrons. The van der Waals surface area contributed by atoms with E-state index in [0.717, 1.165) is 0 Å². The first-order chi connectivity index (χ1) is 12.2. The summed E-state index contributed by atoms with van der Waals surface area (Å²) in [4.78, 5) is 12.9. The minimum atomic E-state index is -0.328. The van der Waals surface area contributed by atoms with Crippen LogP contribution in [0.3, 0.4) is 0 Å². The Labute approximate surface area is 165 Å². The van der Waals surface area contributed by atoms with Gasteiger partial charge < -0.3 is 0 Å². The van der Waals surface area contributed by atoms with Crippen molar-refractivity contribution in [3.63, 3.8) is 0 Å². The van der Waals surface area contributed by atoms with Gasteiger partial charge in [0.1, 0.15) is 5.78 Å². The lowest BCUT2D eigenvalue weighted by molar-refractivity contribution is -0.152. The summed E-state index contributed by atoms with van der Waals surface area (Å²) >= 11 is 4.03. The maximum Gasteiger partial charge on any atom is 0.148 e. The van der Waals surface area contributed by atoms with Gasteiger partial charge in [-0.1, -0.05) is 95.3 Å². The molecule has 0 radical (unpaired) electrons. The minimum absolute atomic E-state index is 0.123. The van der Waals surface area contributed by atoms with Crippen LogP contribution in [-0.2, 0) is 9.54 Å². The lowest BCUT2D eigenvalue weighted by Gasteiger charge is -2.63. The number of thioether (sulfide) groups is 2. The van der Waals surface area contributed by atoms with E-state index in [1.54, 1.807) is 0 Å². The van der Waals surface area contributed by atoms with Gasteiger partial charge in [-0.3, -0.25) is 4.79 Å². The zero-order valence-corrected chi connectivity index (χ0v) is 17.7. The monoisotopic (exact) mass is 382 g/mol. The van der Waals surface area contributed by atoms with Crippen LogP contribution in [0.15, 0.2) is 60.7 Å². The third-order valence-corrected chi connectivity index (χ3v) is 11.6. The van der Waals surface area contributed by atoms with Gasteiger partial charge in [0.15, 0.2) is 0 Å². The number of carbonyl (C=O) groups is 1. The Morgan fingerprint density at radius 1 is 0.769 bits per heavy atom. The summed E-state index contributed by atoms with van der Waals surface area (Å²) in [6, 6.07) is 21.7. The van der Waals surface area contributed by atoms with Crippen LogP contribution in [0.5, 0.6) is 0 Å². The molecule has 0 unspecified atom stereocenters. The lowest BCUT2D eigenvalue weighted by Crippen LogP contribution is -2.70. The van der Waals surface area contributed by atoms with Gasteiger partial charge in [-0.15, -0.1) is 23.5 Å². The summed E-state index contributed by atoms with van der Waals surface area (Å²) in [5.74, 6) is 0.383. The first-order valence-corrected chi connectivity index (χ1v) is 10.9. The second-order valence-corrected chi connectivity index (χ2v) is 11.8. The molecule has 1 atom stereocenters. The third kappa shape index (κ3) is 1.99. The molecule has 0 aromatic heterocycles. The summed E-state index contributed by atoms with van der Waals surface area (Å²) < 4.78 is -0.273. The highest BCUT2D eigenvalue weighted by molar-refractivity contribution is 8.22. The number of hydrogen-bond acceptors (Lipinski definition) is 3. The molecule has 1 saturated heterocycles. The van der Waals surface area contributed by atoms with E-state index in [1.807, 2.05) is 23.5 Å². The van der Waals surface area contributed by atoms with Gasteiger partial charge in [-0.05, 0) is 11.1 Å². The van der Waals surface area contributed by atoms with Crippen LogP contribution in [0.2, 0.25) is 0 Å². The van der Waals surface area contributed by atoms with Crippen molar-refractivity contribution < 1.29 is 4.79 Å². The van der Waals surface area contributed by atoms with Crippen molar-refractivity contribution in [2.75, 3.05) is 0 Å². The smallest absolute Gasteiger partial charge is 0.148 e. The van der Waals surface area contributed by atoms with Gasteiger partial charge >= 0.3 is 0 Å². The quantitative estimate of drug-likeness (QED) is 0.622. The molecular formula is C23H26OS2. The minimum Gasteiger partial charge on any atom is -0.298 e. The molecule has 1 spiro atoms. The molecule has 0 N–H and O–H groups in total. The van der Waals surface area contributed by atoms with E-state index in [2.05, 4.69) is 95.3 Å². The van der Waals surface area contributed by atoms with Gasteiger partial charge in [0, 0.05) is 16.1 Å². The Kier molecular flexibility index (Phi) is 3.95. The van der Waals surface area contributed by atoms with E-state index in [0.29, 0.717) is 11.0 Å². The lowest BCUT2D eigenvalue weighted by atomic mass is 9.53. The van der Waals surface area contributed by atoms with E-state index < -0.39 is 0 Å². The molecular weight excluding hydrogens is 356 g/mol. The molecule has 4 rings (SSSR count). The van der Waals surface area contributed by atoms with Crippen molar-refractivity contribution >= 4 is 29.3 Å². The van der Waals surface area contributed by atoms with Gasteiger partial charge in [0.05, 0.1) is 8.83 Å². The molecule has 3 heteroatoms. The van der Waals surface area contributed by atoms with Crippen molar-refractivity contribution in [3.8, 4) is 0 Å². The molecule has 26 heavy (non-hydrogen) atoms. The number of ketones is 1. The van der Waals surface area contributed by atoms with E-state index in [-0.39, 0.29) is 19.7 Å². The first kappa shape index (κ1) is 18.2. The van der Waals surface area contributed by atoms with E-state index in [4.69, 9.17) is 0 Å². The molecule has 1 aliphatic carbocycles. The second kappa shape index (κ2) is 5.65. The summed E-state index contributed by atoms with van der Waals surface area (Å²) in [6.07, 6.45) is 0. The summed E-state index contributed by atoms with van der Waals surface area (Å²) in [7, 11) is 0. The van der Waals surface area contributed by atoms with Crippen LogP contribution in [0.25, 0.3) is 0 Å². The predicted octanol–water partition coefficient (Wildman–Crippen LogP) is 6.13. The first-order valence-electron chi connectivity index (χ1n) is 9.24. The van der Waals surface area contributed by atoms with E-state index >= 15 is 0 Å². The molecule has 1 heterocycles. The molecule has 2 aromatic carbocycles. The van der Waals surface area contributed by atoms with Crippen LogP contribution in [0, 0.1) is 10.8 Å². The van der Waals surface area contributed by atoms with Crippen LogP contribution in [-0.4, -0.2) is 15.1 Å².